The van der Waals surface area contributed by atoms with Gasteiger partial charge in [-0.3, -0.25) is 0 Å². The van der Waals surface area contributed by atoms with Crippen LogP contribution in [0.2, 0.25) is 5.02 Å². The molecule has 0 aliphatic rings. The van der Waals surface area contributed by atoms with Crippen molar-refractivity contribution < 1.29 is 9.53 Å². The first-order valence-electron chi connectivity index (χ1n) is 7.66. The molecule has 0 saturated carbocycles. The number of hydrogen-bond donors (Lipinski definition) is 1. The number of hydrogen-bond acceptors (Lipinski definition) is 4. The zero-order valence-corrected chi connectivity index (χ0v) is 15.2. The Kier molecular flexibility index (Phi) is 5.16. The van der Waals surface area contributed by atoms with Crippen molar-refractivity contribution in [3.8, 4) is 0 Å². The zero-order valence-electron chi connectivity index (χ0n) is 13.6. The molecule has 2 aromatic carbocycles. The van der Waals surface area contributed by atoms with Crippen molar-refractivity contribution in [3.63, 3.8) is 0 Å². The van der Waals surface area contributed by atoms with E-state index in [1.807, 2.05) is 47.2 Å². The maximum absolute atomic E-state index is 11.7. The number of thiol groups is 1. The van der Waals surface area contributed by atoms with Gasteiger partial charge in [-0.15, -0.1) is 0 Å². The van der Waals surface area contributed by atoms with Crippen LogP contribution in [-0.2, 0) is 16.0 Å². The lowest BCUT2D eigenvalue weighted by atomic mass is 9.89. The highest BCUT2D eigenvalue weighted by Crippen LogP contribution is 2.41. The molecule has 4 nitrogen and oxygen atoms in total. The molecule has 0 saturated heterocycles. The van der Waals surface area contributed by atoms with Gasteiger partial charge in [-0.05, 0) is 29.3 Å². The van der Waals surface area contributed by atoms with E-state index in [4.69, 9.17) is 29.0 Å². The van der Waals surface area contributed by atoms with Gasteiger partial charge in [-0.25, -0.2) is 9.78 Å². The molecule has 6 heteroatoms. The van der Waals surface area contributed by atoms with Gasteiger partial charge in [0.1, 0.15) is 0 Å². The Labute approximate surface area is 156 Å². The van der Waals surface area contributed by atoms with E-state index in [1.54, 1.807) is 24.7 Å². The number of ether oxygens (including phenoxy) is 1. The molecule has 0 amide bonds. The van der Waals surface area contributed by atoms with Crippen LogP contribution in [-0.4, -0.2) is 22.6 Å². The highest BCUT2D eigenvalue weighted by Gasteiger charge is 2.32. The van der Waals surface area contributed by atoms with E-state index in [9.17, 15) is 4.79 Å². The molecule has 3 aromatic rings. The van der Waals surface area contributed by atoms with E-state index >= 15 is 0 Å². The van der Waals surface area contributed by atoms with Crippen LogP contribution >= 0.6 is 24.2 Å². The van der Waals surface area contributed by atoms with Crippen molar-refractivity contribution in [2.24, 2.45) is 0 Å². The number of aromatic nitrogens is 2. The van der Waals surface area contributed by atoms with Crippen LogP contribution in [0.15, 0.2) is 67.3 Å². The fourth-order valence-electron chi connectivity index (χ4n) is 2.77. The molecule has 0 radical (unpaired) electrons. The molecule has 0 fully saturated rings. The average molecular weight is 373 g/mol. The monoisotopic (exact) mass is 372 g/mol. The Bertz CT molecular complexity index is 865. The molecule has 0 spiro atoms. The van der Waals surface area contributed by atoms with E-state index < -0.39 is 4.75 Å². The zero-order chi connectivity index (χ0) is 17.9. The van der Waals surface area contributed by atoms with Gasteiger partial charge < -0.3 is 9.30 Å². The number of esters is 1. The number of nitrogens with zero attached hydrogens (tertiary/aromatic N) is 2. The molecular weight excluding hydrogens is 356 g/mol. The topological polar surface area (TPSA) is 44.1 Å². The van der Waals surface area contributed by atoms with Crippen molar-refractivity contribution in [2.75, 3.05) is 7.11 Å². The molecule has 0 aliphatic carbocycles. The van der Waals surface area contributed by atoms with Crippen molar-refractivity contribution >= 4 is 30.2 Å². The highest BCUT2D eigenvalue weighted by atomic mass is 35.5. The van der Waals surface area contributed by atoms with Gasteiger partial charge in [0.05, 0.1) is 23.7 Å². The lowest BCUT2D eigenvalue weighted by Gasteiger charge is -2.31. The Morgan fingerprint density at radius 3 is 2.56 bits per heavy atom. The summed E-state index contributed by atoms with van der Waals surface area (Å²) in [4.78, 5) is 15.8. The second-order valence-electron chi connectivity index (χ2n) is 5.64. The first-order valence-corrected chi connectivity index (χ1v) is 8.49. The second-order valence-corrected chi connectivity index (χ2v) is 6.81. The maximum Gasteiger partial charge on any atom is 0.337 e. The fourth-order valence-corrected chi connectivity index (χ4v) is 3.64. The third-order valence-electron chi connectivity index (χ3n) is 4.07. The van der Waals surface area contributed by atoms with E-state index in [0.717, 1.165) is 11.1 Å². The van der Waals surface area contributed by atoms with Crippen LogP contribution in [0.5, 0.6) is 0 Å². The van der Waals surface area contributed by atoms with Crippen molar-refractivity contribution in [2.45, 2.75) is 11.3 Å². The van der Waals surface area contributed by atoms with Gasteiger partial charge in [0.15, 0.2) is 0 Å². The number of imidazole rings is 1. The van der Waals surface area contributed by atoms with Gasteiger partial charge in [-0.2, -0.15) is 12.6 Å². The average Bonchev–Trinajstić information content (AvgIpc) is 3.14. The lowest BCUT2D eigenvalue weighted by molar-refractivity contribution is 0.0600. The van der Waals surface area contributed by atoms with Crippen molar-refractivity contribution in [3.05, 3.63) is 89.0 Å². The van der Waals surface area contributed by atoms with E-state index in [0.29, 0.717) is 17.1 Å². The number of benzene rings is 2. The predicted molar refractivity (Wildman–Crippen MR) is 101 cm³/mol. The first kappa shape index (κ1) is 17.6. The van der Waals surface area contributed by atoms with Crippen LogP contribution in [0.1, 0.15) is 21.5 Å². The van der Waals surface area contributed by atoms with Crippen LogP contribution in [0.25, 0.3) is 0 Å². The summed E-state index contributed by atoms with van der Waals surface area (Å²) in [5.41, 5.74) is 2.30. The second kappa shape index (κ2) is 7.33. The van der Waals surface area contributed by atoms with Gasteiger partial charge in [0.25, 0.3) is 0 Å². The van der Waals surface area contributed by atoms with Crippen LogP contribution in [0, 0.1) is 0 Å². The first-order chi connectivity index (χ1) is 12.0. The molecule has 128 valence electrons. The summed E-state index contributed by atoms with van der Waals surface area (Å²) in [6.45, 7) is 0.539. The minimum absolute atomic E-state index is 0.372. The molecule has 0 N–H and O–H groups in total. The van der Waals surface area contributed by atoms with E-state index in [1.165, 1.54) is 7.11 Å². The Balaban J connectivity index is 2.08. The SMILES string of the molecule is COC(=O)c1ccc(C(S)(Cn2ccnc2)c2ccccc2Cl)cc1. The summed E-state index contributed by atoms with van der Waals surface area (Å²) < 4.78 is 6.02. The van der Waals surface area contributed by atoms with Crippen LogP contribution < -0.4 is 0 Å². The molecule has 1 unspecified atom stereocenters. The summed E-state index contributed by atoms with van der Waals surface area (Å²) >= 11 is 11.5. The van der Waals surface area contributed by atoms with Gasteiger partial charge in [0.2, 0.25) is 0 Å². The number of carbonyl (C=O) groups is 1. The molecule has 25 heavy (non-hydrogen) atoms. The highest BCUT2D eigenvalue weighted by molar-refractivity contribution is 7.81. The molecule has 0 bridgehead atoms. The summed E-state index contributed by atoms with van der Waals surface area (Å²) in [5.74, 6) is -0.372. The maximum atomic E-state index is 11.7. The van der Waals surface area contributed by atoms with E-state index in [2.05, 4.69) is 4.98 Å². The number of rotatable bonds is 5. The molecular formula is C19H17ClN2O2S. The van der Waals surface area contributed by atoms with Gasteiger partial charge >= 0.3 is 5.97 Å². The number of carbonyl (C=O) groups excluding carboxylic acids is 1. The Hall–Kier alpha value is -2.24. The standard InChI is InChI=1S/C19H17ClN2O2S/c1-24-18(23)14-6-8-15(9-7-14)19(25,12-22-11-10-21-13-22)16-4-2-3-5-17(16)20/h2-11,13,25H,12H2,1H3. The molecule has 1 heterocycles. The number of halogens is 1. The third-order valence-corrected chi connectivity index (χ3v) is 5.04. The third kappa shape index (κ3) is 3.57. The van der Waals surface area contributed by atoms with Crippen molar-refractivity contribution in [1.82, 2.24) is 9.55 Å². The minimum Gasteiger partial charge on any atom is -0.465 e. The quantitative estimate of drug-likeness (QED) is 0.539. The van der Waals surface area contributed by atoms with Gasteiger partial charge in [-0.1, -0.05) is 41.9 Å². The summed E-state index contributed by atoms with van der Waals surface area (Å²) in [7, 11) is 1.36. The van der Waals surface area contributed by atoms with Gasteiger partial charge in [0, 0.05) is 24.0 Å². The van der Waals surface area contributed by atoms with Crippen LogP contribution in [0.4, 0.5) is 0 Å². The van der Waals surface area contributed by atoms with Crippen LogP contribution in [0.3, 0.4) is 0 Å². The molecule has 3 rings (SSSR count). The number of methoxy groups -OCH3 is 1. The summed E-state index contributed by atoms with van der Waals surface area (Å²) in [6, 6.07) is 14.8. The summed E-state index contributed by atoms with van der Waals surface area (Å²) in [5, 5.41) is 0.634. The Morgan fingerprint density at radius 2 is 1.96 bits per heavy atom. The molecule has 1 aromatic heterocycles. The largest absolute Gasteiger partial charge is 0.465 e. The normalized spacial score (nSPS) is 13.2. The summed E-state index contributed by atoms with van der Waals surface area (Å²) in [6.07, 6.45) is 5.34. The van der Waals surface area contributed by atoms with E-state index in [-0.39, 0.29) is 5.97 Å². The Morgan fingerprint density at radius 1 is 1.24 bits per heavy atom. The fraction of sp³-hybridized carbons (Fsp3) is 0.158. The smallest absolute Gasteiger partial charge is 0.337 e. The predicted octanol–water partition coefficient (Wildman–Crippen LogP) is 4.20. The molecule has 1 atom stereocenters. The lowest BCUT2D eigenvalue weighted by Crippen LogP contribution is -2.27. The minimum atomic E-state index is -0.687. The molecule has 0 aliphatic heterocycles. The van der Waals surface area contributed by atoms with Crippen molar-refractivity contribution in [1.29, 1.82) is 0 Å².